The van der Waals surface area contributed by atoms with Crippen LogP contribution in [-0.2, 0) is 0 Å². The van der Waals surface area contributed by atoms with Crippen molar-refractivity contribution in [1.29, 1.82) is 0 Å². The van der Waals surface area contributed by atoms with Gasteiger partial charge in [0.2, 0.25) is 0 Å². The maximum Gasteiger partial charge on any atom is 0.257 e. The van der Waals surface area contributed by atoms with E-state index in [1.165, 1.54) is 0 Å². The van der Waals surface area contributed by atoms with Gasteiger partial charge in [0, 0.05) is 24.5 Å². The number of rotatable bonds is 4. The molecule has 4 rings (SSSR count). The van der Waals surface area contributed by atoms with Gasteiger partial charge in [0.25, 0.3) is 5.91 Å². The third-order valence-electron chi connectivity index (χ3n) is 4.57. The molecule has 1 saturated heterocycles. The summed E-state index contributed by atoms with van der Waals surface area (Å²) in [5.74, 6) is 0.844. The van der Waals surface area contributed by atoms with Crippen molar-refractivity contribution in [3.05, 3.63) is 72.3 Å². The quantitative estimate of drug-likeness (QED) is 0.730. The Morgan fingerprint density at radius 1 is 0.920 bits per heavy atom. The Kier molecular flexibility index (Phi) is 4.25. The van der Waals surface area contributed by atoms with Crippen LogP contribution in [0.25, 0.3) is 11.3 Å². The number of nitrogens with zero attached hydrogens (tertiary/aromatic N) is 1. The van der Waals surface area contributed by atoms with Crippen LogP contribution in [0.5, 0.6) is 0 Å². The largest absolute Gasteiger partial charge is 0.341 e. The van der Waals surface area contributed by atoms with Crippen LogP contribution in [0.4, 0.5) is 11.5 Å². The minimum Gasteiger partial charge on any atom is -0.341 e. The first-order valence-corrected chi connectivity index (χ1v) is 8.71. The Hall–Kier alpha value is -3.01. The van der Waals surface area contributed by atoms with E-state index >= 15 is 0 Å². The summed E-state index contributed by atoms with van der Waals surface area (Å²) >= 11 is 0. The van der Waals surface area contributed by atoms with Gasteiger partial charge in [-0.25, -0.2) is 0 Å². The smallest absolute Gasteiger partial charge is 0.257 e. The van der Waals surface area contributed by atoms with Crippen molar-refractivity contribution in [3.8, 4) is 11.3 Å². The molecule has 25 heavy (non-hydrogen) atoms. The van der Waals surface area contributed by atoms with Crippen LogP contribution in [0.1, 0.15) is 23.2 Å². The SMILES string of the molecule is O=C(c1cc(-c2ccccc2)[nH]c1Nc1ccccc1)N1CCCC1. The average Bonchev–Trinajstić information content (AvgIpc) is 3.33. The summed E-state index contributed by atoms with van der Waals surface area (Å²) in [6.45, 7) is 1.69. The predicted molar refractivity (Wildman–Crippen MR) is 101 cm³/mol. The number of aromatic nitrogens is 1. The Balaban J connectivity index is 1.71. The second kappa shape index (κ2) is 6.85. The van der Waals surface area contributed by atoms with Crippen LogP contribution in [0.3, 0.4) is 0 Å². The number of benzene rings is 2. The third kappa shape index (κ3) is 3.29. The molecule has 2 aromatic carbocycles. The van der Waals surface area contributed by atoms with Crippen molar-refractivity contribution >= 4 is 17.4 Å². The highest BCUT2D eigenvalue weighted by Gasteiger charge is 2.24. The molecule has 0 bridgehead atoms. The molecule has 1 aliphatic heterocycles. The van der Waals surface area contributed by atoms with Crippen molar-refractivity contribution in [1.82, 2.24) is 9.88 Å². The molecule has 4 nitrogen and oxygen atoms in total. The average molecular weight is 331 g/mol. The van der Waals surface area contributed by atoms with E-state index in [4.69, 9.17) is 0 Å². The Bertz CT molecular complexity index is 849. The molecule has 0 unspecified atom stereocenters. The van der Waals surface area contributed by atoms with Gasteiger partial charge in [-0.3, -0.25) is 4.79 Å². The maximum atomic E-state index is 13.0. The first-order chi connectivity index (χ1) is 12.3. The number of likely N-dealkylation sites (tertiary alicyclic amines) is 1. The van der Waals surface area contributed by atoms with Gasteiger partial charge in [-0.15, -0.1) is 0 Å². The zero-order chi connectivity index (χ0) is 17.1. The van der Waals surface area contributed by atoms with Crippen LogP contribution >= 0.6 is 0 Å². The number of carbonyl (C=O) groups excluding carboxylic acids is 1. The minimum atomic E-state index is 0.0920. The molecule has 0 aliphatic carbocycles. The van der Waals surface area contributed by atoms with Crippen LogP contribution < -0.4 is 5.32 Å². The fourth-order valence-corrected chi connectivity index (χ4v) is 3.25. The molecule has 4 heteroatoms. The van der Waals surface area contributed by atoms with Crippen LogP contribution in [-0.4, -0.2) is 28.9 Å². The van der Waals surface area contributed by atoms with Crippen molar-refractivity contribution in [2.24, 2.45) is 0 Å². The van der Waals surface area contributed by atoms with E-state index in [0.29, 0.717) is 5.56 Å². The van der Waals surface area contributed by atoms with Gasteiger partial charge in [0.05, 0.1) is 5.56 Å². The van der Waals surface area contributed by atoms with Gasteiger partial charge < -0.3 is 15.2 Å². The molecule has 3 aromatic rings. The van der Waals surface area contributed by atoms with Crippen LogP contribution in [0, 0.1) is 0 Å². The van der Waals surface area contributed by atoms with Crippen molar-refractivity contribution in [2.75, 3.05) is 18.4 Å². The number of H-pyrrole nitrogens is 1. The molecular formula is C21H21N3O. The third-order valence-corrected chi connectivity index (χ3v) is 4.57. The summed E-state index contributed by atoms with van der Waals surface area (Å²) in [5.41, 5.74) is 3.67. The Morgan fingerprint density at radius 2 is 1.56 bits per heavy atom. The number of hydrogen-bond acceptors (Lipinski definition) is 2. The number of amides is 1. The number of carbonyl (C=O) groups is 1. The van der Waals surface area contributed by atoms with Gasteiger partial charge in [-0.1, -0.05) is 48.5 Å². The molecule has 0 atom stereocenters. The van der Waals surface area contributed by atoms with Crippen molar-refractivity contribution in [3.63, 3.8) is 0 Å². The molecule has 0 saturated carbocycles. The predicted octanol–water partition coefficient (Wildman–Crippen LogP) is 4.66. The standard InChI is InChI=1S/C21H21N3O/c25-21(24-13-7-8-14-24)18-15-19(16-9-3-1-4-10-16)23-20(18)22-17-11-5-2-6-12-17/h1-6,9-12,15,22-23H,7-8,13-14H2. The summed E-state index contributed by atoms with van der Waals surface area (Å²) in [6, 6.07) is 22.0. The Labute approximate surface area is 147 Å². The fraction of sp³-hybridized carbons (Fsp3) is 0.190. The molecule has 1 aromatic heterocycles. The van der Waals surface area contributed by atoms with Crippen LogP contribution in [0.2, 0.25) is 0 Å². The summed E-state index contributed by atoms with van der Waals surface area (Å²) < 4.78 is 0. The minimum absolute atomic E-state index is 0.0920. The molecule has 1 fully saturated rings. The number of anilines is 2. The zero-order valence-electron chi connectivity index (χ0n) is 14.0. The highest BCUT2D eigenvalue weighted by Crippen LogP contribution is 2.29. The zero-order valence-corrected chi connectivity index (χ0v) is 14.0. The molecular weight excluding hydrogens is 310 g/mol. The van der Waals surface area contributed by atoms with Gasteiger partial charge in [0.15, 0.2) is 0 Å². The lowest BCUT2D eigenvalue weighted by Gasteiger charge is -2.15. The molecule has 1 amide bonds. The molecule has 0 radical (unpaired) electrons. The monoisotopic (exact) mass is 331 g/mol. The number of nitrogens with one attached hydrogen (secondary N) is 2. The number of aromatic amines is 1. The Morgan fingerprint density at radius 3 is 2.24 bits per heavy atom. The second-order valence-corrected chi connectivity index (χ2v) is 6.33. The molecule has 2 N–H and O–H groups in total. The lowest BCUT2D eigenvalue weighted by Crippen LogP contribution is -2.27. The second-order valence-electron chi connectivity index (χ2n) is 6.33. The first-order valence-electron chi connectivity index (χ1n) is 8.71. The van der Waals surface area contributed by atoms with Crippen molar-refractivity contribution < 1.29 is 4.79 Å². The molecule has 0 spiro atoms. The summed E-state index contributed by atoms with van der Waals surface area (Å²) in [7, 11) is 0. The van der Waals surface area contributed by atoms with Gasteiger partial charge in [0.1, 0.15) is 5.82 Å². The van der Waals surface area contributed by atoms with E-state index in [2.05, 4.69) is 10.3 Å². The van der Waals surface area contributed by atoms with Gasteiger partial charge in [-0.2, -0.15) is 0 Å². The molecule has 1 aliphatic rings. The summed E-state index contributed by atoms with van der Waals surface area (Å²) in [4.78, 5) is 18.3. The van der Waals surface area contributed by atoms with E-state index in [0.717, 1.165) is 48.7 Å². The lowest BCUT2D eigenvalue weighted by molar-refractivity contribution is 0.0794. The topological polar surface area (TPSA) is 48.1 Å². The summed E-state index contributed by atoms with van der Waals surface area (Å²) in [5, 5.41) is 3.36. The van der Waals surface area contributed by atoms with E-state index < -0.39 is 0 Å². The van der Waals surface area contributed by atoms with E-state index in [1.54, 1.807) is 0 Å². The fourth-order valence-electron chi connectivity index (χ4n) is 3.25. The van der Waals surface area contributed by atoms with E-state index in [9.17, 15) is 4.79 Å². The van der Waals surface area contributed by atoms with Gasteiger partial charge >= 0.3 is 0 Å². The first kappa shape index (κ1) is 15.5. The van der Waals surface area contributed by atoms with Crippen LogP contribution in [0.15, 0.2) is 66.7 Å². The van der Waals surface area contributed by atoms with Gasteiger partial charge in [-0.05, 0) is 36.6 Å². The van der Waals surface area contributed by atoms with E-state index in [-0.39, 0.29) is 5.91 Å². The highest BCUT2D eigenvalue weighted by atomic mass is 16.2. The molecule has 2 heterocycles. The maximum absolute atomic E-state index is 13.0. The number of hydrogen-bond donors (Lipinski definition) is 2. The molecule has 126 valence electrons. The van der Waals surface area contributed by atoms with Crippen molar-refractivity contribution in [2.45, 2.75) is 12.8 Å². The lowest BCUT2D eigenvalue weighted by atomic mass is 10.1. The van der Waals surface area contributed by atoms with E-state index in [1.807, 2.05) is 71.6 Å². The highest BCUT2D eigenvalue weighted by molar-refractivity contribution is 6.01. The summed E-state index contributed by atoms with van der Waals surface area (Å²) in [6.07, 6.45) is 2.17. The number of para-hydroxylation sites is 1. The normalized spacial score (nSPS) is 13.8.